The normalized spacial score (nSPS) is 10.7. The number of thioether (sulfide) groups is 1. The van der Waals surface area contributed by atoms with Crippen LogP contribution in [-0.2, 0) is 0 Å². The number of methoxy groups -OCH3 is 2. The van der Waals surface area contributed by atoms with Crippen LogP contribution in [0.25, 0.3) is 10.9 Å². The third kappa shape index (κ3) is 5.23. The predicted octanol–water partition coefficient (Wildman–Crippen LogP) is 6.35. The third-order valence-electron chi connectivity index (χ3n) is 4.69. The van der Waals surface area contributed by atoms with Gasteiger partial charge >= 0.3 is 0 Å². The number of fused-ring (bicyclic) bond motifs is 1. The number of rotatable bonds is 9. The largest absolute Gasteiger partial charge is 0.493 e. The molecule has 0 aliphatic heterocycles. The van der Waals surface area contributed by atoms with Crippen LogP contribution in [0.4, 0.5) is 4.39 Å². The van der Waals surface area contributed by atoms with E-state index < -0.39 is 0 Å². The number of nitrogens with zero attached hydrogens (tertiary/aromatic N) is 1. The van der Waals surface area contributed by atoms with Crippen molar-refractivity contribution in [3.63, 3.8) is 0 Å². The Balaban J connectivity index is 1.38. The average molecular weight is 452 g/mol. The van der Waals surface area contributed by atoms with E-state index in [-0.39, 0.29) is 5.82 Å². The molecular weight excluding hydrogens is 429 g/mol. The predicted molar refractivity (Wildman–Crippen MR) is 124 cm³/mol. The fourth-order valence-electron chi connectivity index (χ4n) is 3.12. The lowest BCUT2D eigenvalue weighted by molar-refractivity contribution is 0.343. The third-order valence-corrected chi connectivity index (χ3v) is 5.67. The van der Waals surface area contributed by atoms with E-state index in [1.54, 1.807) is 44.3 Å². The van der Waals surface area contributed by atoms with Crippen LogP contribution < -0.4 is 18.9 Å². The van der Waals surface area contributed by atoms with E-state index >= 15 is 0 Å². The van der Waals surface area contributed by atoms with Gasteiger partial charge in [-0.25, -0.2) is 4.39 Å². The SMILES string of the molecule is COc1cc2nccc(Oc3ccc(SCCOc4ccc(F)cc4)cc3)c2cc1OC. The number of halogens is 1. The van der Waals surface area contributed by atoms with Crippen molar-refractivity contribution in [1.29, 1.82) is 0 Å². The molecule has 5 nitrogen and oxygen atoms in total. The van der Waals surface area contributed by atoms with E-state index in [0.29, 0.717) is 29.6 Å². The second-order valence-electron chi connectivity index (χ2n) is 6.76. The second-order valence-corrected chi connectivity index (χ2v) is 7.93. The van der Waals surface area contributed by atoms with E-state index in [1.165, 1.54) is 12.1 Å². The van der Waals surface area contributed by atoms with Gasteiger partial charge in [0.2, 0.25) is 0 Å². The molecule has 0 radical (unpaired) electrons. The van der Waals surface area contributed by atoms with Crippen LogP contribution in [0.3, 0.4) is 0 Å². The van der Waals surface area contributed by atoms with E-state index in [4.69, 9.17) is 18.9 Å². The molecule has 0 N–H and O–H groups in total. The Bertz CT molecular complexity index is 1180. The Morgan fingerprint density at radius 2 is 1.50 bits per heavy atom. The van der Waals surface area contributed by atoms with Gasteiger partial charge in [0.25, 0.3) is 0 Å². The highest BCUT2D eigenvalue weighted by Crippen LogP contribution is 2.37. The zero-order chi connectivity index (χ0) is 22.3. The van der Waals surface area contributed by atoms with E-state index in [1.807, 2.05) is 42.5 Å². The number of ether oxygens (including phenoxy) is 4. The molecule has 1 aromatic heterocycles. The summed E-state index contributed by atoms with van der Waals surface area (Å²) in [7, 11) is 3.19. The van der Waals surface area contributed by atoms with Crippen LogP contribution in [-0.4, -0.2) is 31.6 Å². The highest BCUT2D eigenvalue weighted by Gasteiger charge is 2.11. The Morgan fingerprint density at radius 3 is 2.22 bits per heavy atom. The van der Waals surface area contributed by atoms with Gasteiger partial charge < -0.3 is 18.9 Å². The molecule has 0 unspecified atom stereocenters. The summed E-state index contributed by atoms with van der Waals surface area (Å²) in [4.78, 5) is 5.50. The fraction of sp³-hybridized carbons (Fsp3) is 0.160. The Morgan fingerprint density at radius 1 is 0.812 bits per heavy atom. The van der Waals surface area contributed by atoms with Gasteiger partial charge in [-0.2, -0.15) is 0 Å². The highest BCUT2D eigenvalue weighted by molar-refractivity contribution is 7.99. The molecule has 0 saturated carbocycles. The summed E-state index contributed by atoms with van der Waals surface area (Å²) in [5.41, 5.74) is 0.758. The first kappa shape index (κ1) is 21.8. The molecule has 0 spiro atoms. The Hall–Kier alpha value is -3.45. The van der Waals surface area contributed by atoms with Gasteiger partial charge in [-0.3, -0.25) is 4.98 Å². The van der Waals surface area contributed by atoms with Crippen molar-refractivity contribution >= 4 is 22.7 Å². The van der Waals surface area contributed by atoms with Crippen LogP contribution >= 0.6 is 11.8 Å². The van der Waals surface area contributed by atoms with Crippen LogP contribution in [0.15, 0.2) is 77.8 Å². The van der Waals surface area contributed by atoms with Crippen LogP contribution in [0.2, 0.25) is 0 Å². The smallest absolute Gasteiger partial charge is 0.162 e. The molecule has 3 aromatic carbocycles. The van der Waals surface area contributed by atoms with Crippen LogP contribution in [0.1, 0.15) is 0 Å². The fourth-order valence-corrected chi connectivity index (χ4v) is 3.85. The lowest BCUT2D eigenvalue weighted by Gasteiger charge is -2.12. The topological polar surface area (TPSA) is 49.8 Å². The lowest BCUT2D eigenvalue weighted by atomic mass is 10.2. The minimum Gasteiger partial charge on any atom is -0.493 e. The maximum atomic E-state index is 12.9. The Kier molecular flexibility index (Phi) is 6.97. The number of aromatic nitrogens is 1. The highest BCUT2D eigenvalue weighted by atomic mass is 32.2. The molecule has 0 saturated heterocycles. The van der Waals surface area contributed by atoms with Gasteiger partial charge in [0.1, 0.15) is 23.1 Å². The minimum atomic E-state index is -0.271. The van der Waals surface area contributed by atoms with E-state index in [9.17, 15) is 4.39 Å². The van der Waals surface area contributed by atoms with Gasteiger partial charge in [0.15, 0.2) is 11.5 Å². The molecule has 7 heteroatoms. The van der Waals surface area contributed by atoms with Crippen molar-refractivity contribution in [3.8, 4) is 28.7 Å². The summed E-state index contributed by atoms with van der Waals surface area (Å²) in [5.74, 6) is 3.81. The number of hydrogen-bond donors (Lipinski definition) is 0. The number of pyridine rings is 1. The van der Waals surface area contributed by atoms with Crippen LogP contribution in [0, 0.1) is 5.82 Å². The first-order valence-corrected chi connectivity index (χ1v) is 10.9. The van der Waals surface area contributed by atoms with Gasteiger partial charge in [-0.05, 0) is 60.7 Å². The first-order valence-electron chi connectivity index (χ1n) is 9.96. The van der Waals surface area contributed by atoms with Gasteiger partial charge in [0, 0.05) is 28.3 Å². The molecule has 0 bridgehead atoms. The summed E-state index contributed by atoms with van der Waals surface area (Å²) in [6.07, 6.45) is 1.70. The van der Waals surface area contributed by atoms with Crippen LogP contribution in [0.5, 0.6) is 28.7 Å². The lowest BCUT2D eigenvalue weighted by Crippen LogP contribution is -1.99. The van der Waals surface area contributed by atoms with Gasteiger partial charge in [-0.15, -0.1) is 11.8 Å². The standard InChI is InChI=1S/C25H22FNO4S/c1-28-24-15-21-22(16-25(24)29-2)27-12-11-23(21)31-19-7-9-20(10-8-19)32-14-13-30-18-5-3-17(26)4-6-18/h3-12,15-16H,13-14H2,1-2H3. The molecule has 0 atom stereocenters. The molecule has 32 heavy (non-hydrogen) atoms. The maximum Gasteiger partial charge on any atom is 0.162 e. The minimum absolute atomic E-state index is 0.271. The van der Waals surface area contributed by atoms with Gasteiger partial charge in [0.05, 0.1) is 26.3 Å². The van der Waals surface area contributed by atoms with Crippen molar-refractivity contribution in [3.05, 3.63) is 78.7 Å². The monoisotopic (exact) mass is 451 g/mol. The summed E-state index contributed by atoms with van der Waals surface area (Å²) >= 11 is 1.67. The Labute approximate surface area is 190 Å². The number of hydrogen-bond acceptors (Lipinski definition) is 6. The molecule has 0 aliphatic rings. The molecule has 4 aromatic rings. The van der Waals surface area contributed by atoms with E-state index in [2.05, 4.69) is 4.98 Å². The molecule has 0 amide bonds. The van der Waals surface area contributed by atoms with Gasteiger partial charge in [-0.1, -0.05) is 0 Å². The molecule has 164 valence electrons. The maximum absolute atomic E-state index is 12.9. The molecule has 1 heterocycles. The average Bonchev–Trinajstić information content (AvgIpc) is 2.83. The molecule has 0 aliphatic carbocycles. The van der Waals surface area contributed by atoms with Crippen molar-refractivity contribution in [2.75, 3.05) is 26.6 Å². The summed E-state index contributed by atoms with van der Waals surface area (Å²) < 4.78 is 35.4. The van der Waals surface area contributed by atoms with Crippen molar-refractivity contribution in [2.45, 2.75) is 4.90 Å². The van der Waals surface area contributed by atoms with Crippen molar-refractivity contribution in [2.24, 2.45) is 0 Å². The summed E-state index contributed by atoms with van der Waals surface area (Å²) in [6, 6.07) is 19.4. The molecular formula is C25H22FNO4S. The summed E-state index contributed by atoms with van der Waals surface area (Å²) in [6.45, 7) is 0.531. The zero-order valence-corrected chi connectivity index (χ0v) is 18.5. The van der Waals surface area contributed by atoms with Crippen molar-refractivity contribution in [1.82, 2.24) is 4.98 Å². The summed E-state index contributed by atoms with van der Waals surface area (Å²) in [5, 5.41) is 0.835. The second kappa shape index (κ2) is 10.2. The molecule has 4 rings (SSSR count). The zero-order valence-electron chi connectivity index (χ0n) is 17.7. The van der Waals surface area contributed by atoms with E-state index in [0.717, 1.165) is 27.3 Å². The van der Waals surface area contributed by atoms with Crippen molar-refractivity contribution < 1.29 is 23.3 Å². The molecule has 0 fully saturated rings. The number of benzene rings is 3. The first-order chi connectivity index (χ1) is 15.7. The quantitative estimate of drug-likeness (QED) is 0.218.